The Labute approximate surface area is 278 Å². The molecule has 0 spiro atoms. The van der Waals surface area contributed by atoms with Gasteiger partial charge in [-0.1, -0.05) is 55.8 Å². The summed E-state index contributed by atoms with van der Waals surface area (Å²) < 4.78 is 37.7. The highest BCUT2D eigenvalue weighted by atomic mass is 35.5. The number of alkyl halides is 1. The van der Waals surface area contributed by atoms with Crippen molar-refractivity contribution in [3.8, 4) is 17.3 Å². The summed E-state index contributed by atoms with van der Waals surface area (Å²) in [6.07, 6.45) is 4.24. The molecule has 45 heavy (non-hydrogen) atoms. The summed E-state index contributed by atoms with van der Waals surface area (Å²) >= 11 is 6.61. The van der Waals surface area contributed by atoms with E-state index in [1.54, 1.807) is 12.3 Å². The minimum Gasteiger partial charge on any atom is -0.461 e. The van der Waals surface area contributed by atoms with Gasteiger partial charge in [-0.2, -0.15) is 9.97 Å². The van der Waals surface area contributed by atoms with Crippen LogP contribution in [0.5, 0.6) is 6.01 Å². The molecule has 240 valence electrons. The third kappa shape index (κ3) is 5.58. The molecule has 2 unspecified atom stereocenters. The van der Waals surface area contributed by atoms with Crippen molar-refractivity contribution in [3.05, 3.63) is 53.4 Å². The Balaban J connectivity index is 0.00000179. The lowest BCUT2D eigenvalue weighted by molar-refractivity contribution is 0.107. The zero-order valence-corrected chi connectivity index (χ0v) is 27.6. The van der Waals surface area contributed by atoms with E-state index in [4.69, 9.17) is 21.3 Å². The molecule has 4 aromatic rings. The monoisotopic (exact) mass is 676 g/mol. The lowest BCUT2D eigenvalue weighted by Crippen LogP contribution is -2.51. The highest BCUT2D eigenvalue weighted by Gasteiger charge is 2.55. The first-order valence-corrected chi connectivity index (χ1v) is 15.6. The average Bonchev–Trinajstić information content (AvgIpc) is 3.55. The number of nitrogens with one attached hydrogen (secondary N) is 1. The van der Waals surface area contributed by atoms with E-state index in [1.165, 1.54) is 0 Å². The molecule has 2 aromatic heterocycles. The minimum atomic E-state index is -0.886. The van der Waals surface area contributed by atoms with E-state index in [2.05, 4.69) is 38.9 Å². The van der Waals surface area contributed by atoms with Crippen LogP contribution in [0.15, 0.2) is 42.6 Å². The molecule has 0 amide bonds. The van der Waals surface area contributed by atoms with Gasteiger partial charge in [0.05, 0.1) is 10.9 Å². The van der Waals surface area contributed by atoms with Crippen molar-refractivity contribution in [2.24, 2.45) is 5.41 Å². The maximum absolute atomic E-state index is 16.7. The van der Waals surface area contributed by atoms with E-state index in [9.17, 15) is 4.39 Å². The van der Waals surface area contributed by atoms with Crippen molar-refractivity contribution >= 4 is 63.9 Å². The van der Waals surface area contributed by atoms with Crippen molar-refractivity contribution in [2.75, 3.05) is 37.7 Å². The predicted octanol–water partition coefficient (Wildman–Crippen LogP) is 7.01. The number of hydrogen-bond donors (Lipinski definition) is 1. The molecule has 2 bridgehead atoms. The van der Waals surface area contributed by atoms with Gasteiger partial charge in [-0.05, 0) is 36.1 Å². The number of piperazine rings is 1. The smallest absolute Gasteiger partial charge is 0.319 e. The molecule has 0 aliphatic carbocycles. The number of halogens is 5. The summed E-state index contributed by atoms with van der Waals surface area (Å²) in [5, 5.41) is 6.38. The number of anilines is 1. The number of rotatable bonds is 5. The maximum atomic E-state index is 16.7. The SMILES string of the molecule is CC1(C)CN2CC(F)CC2(COc2nc(N3C[C@H]4CC[C@@H](C3)N4)c3cnc(-c4cccc5cccc(Cl)c45)c(F)c3n2)C1.Cl.Cl. The average molecular weight is 678 g/mol. The van der Waals surface area contributed by atoms with Crippen LogP contribution in [0.2, 0.25) is 5.02 Å². The molecule has 12 heteroatoms. The molecule has 7 nitrogen and oxygen atoms in total. The molecule has 8 rings (SSSR count). The summed E-state index contributed by atoms with van der Waals surface area (Å²) in [5.41, 5.74) is 0.590. The van der Waals surface area contributed by atoms with E-state index in [1.807, 2.05) is 30.3 Å². The molecule has 1 N–H and O–H groups in total. The van der Waals surface area contributed by atoms with Crippen LogP contribution >= 0.6 is 36.4 Å². The van der Waals surface area contributed by atoms with E-state index in [-0.39, 0.29) is 54.1 Å². The van der Waals surface area contributed by atoms with Crippen molar-refractivity contribution in [1.29, 1.82) is 0 Å². The second-order valence-corrected chi connectivity index (χ2v) is 14.1. The largest absolute Gasteiger partial charge is 0.461 e. The molecule has 4 atom stereocenters. The second-order valence-electron chi connectivity index (χ2n) is 13.7. The van der Waals surface area contributed by atoms with E-state index >= 15 is 4.39 Å². The highest BCUT2D eigenvalue weighted by molar-refractivity contribution is 6.36. The van der Waals surface area contributed by atoms with Crippen LogP contribution in [0.25, 0.3) is 32.9 Å². The first-order valence-electron chi connectivity index (χ1n) is 15.2. The summed E-state index contributed by atoms with van der Waals surface area (Å²) in [7, 11) is 0. The van der Waals surface area contributed by atoms with Crippen molar-refractivity contribution < 1.29 is 13.5 Å². The Hall–Kier alpha value is -2.56. The lowest BCUT2D eigenvalue weighted by Gasteiger charge is -2.34. The van der Waals surface area contributed by atoms with Gasteiger partial charge in [-0.15, -0.1) is 24.8 Å². The molecule has 4 saturated heterocycles. The molecule has 4 aliphatic heterocycles. The van der Waals surface area contributed by atoms with Crippen molar-refractivity contribution in [1.82, 2.24) is 25.2 Å². The van der Waals surface area contributed by atoms with Crippen LogP contribution in [-0.4, -0.2) is 76.4 Å². The van der Waals surface area contributed by atoms with Crippen LogP contribution in [0.3, 0.4) is 0 Å². The molecular weight excluding hydrogens is 641 g/mol. The summed E-state index contributed by atoms with van der Waals surface area (Å²) in [6, 6.07) is 12.1. The Morgan fingerprint density at radius 2 is 1.78 bits per heavy atom. The lowest BCUT2D eigenvalue weighted by atomic mass is 9.82. The second kappa shape index (κ2) is 11.9. The number of fused-ring (bicyclic) bond motifs is 5. The van der Waals surface area contributed by atoms with Gasteiger partial charge < -0.3 is 15.0 Å². The van der Waals surface area contributed by atoms with Crippen LogP contribution in [0, 0.1) is 11.2 Å². The molecule has 0 radical (unpaired) electrons. The maximum Gasteiger partial charge on any atom is 0.319 e. The fourth-order valence-corrected chi connectivity index (χ4v) is 8.58. The molecule has 6 heterocycles. The Bertz CT molecular complexity index is 1740. The third-order valence-corrected chi connectivity index (χ3v) is 10.2. The number of benzene rings is 2. The zero-order chi connectivity index (χ0) is 29.5. The highest BCUT2D eigenvalue weighted by Crippen LogP contribution is 2.48. The summed E-state index contributed by atoms with van der Waals surface area (Å²) in [6.45, 7) is 7.45. The fraction of sp³-hybridized carbons (Fsp3) is 0.485. The van der Waals surface area contributed by atoms with Gasteiger partial charge in [0.1, 0.15) is 29.8 Å². The zero-order valence-electron chi connectivity index (χ0n) is 25.2. The summed E-state index contributed by atoms with van der Waals surface area (Å²) in [5.74, 6) is 0.0891. The molecular formula is C33H37Cl3F2N6O. The normalized spacial score (nSPS) is 27.0. The van der Waals surface area contributed by atoms with E-state index < -0.39 is 17.5 Å². The quantitative estimate of drug-likeness (QED) is 0.244. The van der Waals surface area contributed by atoms with E-state index in [0.717, 1.165) is 49.7 Å². The van der Waals surface area contributed by atoms with Crippen LogP contribution in [0.4, 0.5) is 14.6 Å². The number of nitrogens with zero attached hydrogens (tertiary/aromatic N) is 5. The number of pyridine rings is 1. The number of hydrogen-bond acceptors (Lipinski definition) is 7. The topological polar surface area (TPSA) is 66.4 Å². The van der Waals surface area contributed by atoms with Gasteiger partial charge in [0.25, 0.3) is 0 Å². The Kier molecular flexibility index (Phi) is 8.57. The number of aromatic nitrogens is 3. The third-order valence-electron chi connectivity index (χ3n) is 9.86. The Morgan fingerprint density at radius 1 is 1.04 bits per heavy atom. The van der Waals surface area contributed by atoms with Gasteiger partial charge in [-0.25, -0.2) is 8.78 Å². The van der Waals surface area contributed by atoms with Gasteiger partial charge in [0.2, 0.25) is 0 Å². The van der Waals surface area contributed by atoms with Crippen LogP contribution < -0.4 is 15.0 Å². The molecule has 4 fully saturated rings. The predicted molar refractivity (Wildman–Crippen MR) is 180 cm³/mol. The molecule has 0 saturated carbocycles. The molecule has 2 aromatic carbocycles. The van der Waals surface area contributed by atoms with Gasteiger partial charge in [-0.3, -0.25) is 9.88 Å². The summed E-state index contributed by atoms with van der Waals surface area (Å²) in [4.78, 5) is 18.6. The Morgan fingerprint density at radius 3 is 2.53 bits per heavy atom. The first-order chi connectivity index (χ1) is 20.7. The van der Waals surface area contributed by atoms with Gasteiger partial charge in [0, 0.05) is 66.9 Å². The van der Waals surface area contributed by atoms with Crippen molar-refractivity contribution in [3.63, 3.8) is 0 Å². The standard InChI is InChI=1S/C33H35ClF2N6O.2ClH/c1-32(2)16-33(11-20(35)13-42(33)17-32)18-43-31-39-29-24(30(40-31)41-14-21-9-10-22(15-41)38-21)12-37-28(27(29)36)23-7-3-5-19-6-4-8-25(34)26(19)23;;/h3-8,12,20-22,38H,9-11,13-18H2,1-2H3;2*1H/t20?,21-,22+,33?;;. The van der Waals surface area contributed by atoms with Gasteiger partial charge >= 0.3 is 6.01 Å². The van der Waals surface area contributed by atoms with Crippen molar-refractivity contribution in [2.45, 2.75) is 63.3 Å². The fourth-order valence-electron chi connectivity index (χ4n) is 8.30. The van der Waals surface area contributed by atoms with Crippen LogP contribution in [-0.2, 0) is 0 Å². The first kappa shape index (κ1) is 32.4. The van der Waals surface area contributed by atoms with E-state index in [0.29, 0.717) is 46.8 Å². The van der Waals surface area contributed by atoms with Gasteiger partial charge in [0.15, 0.2) is 5.82 Å². The number of ether oxygens (including phenoxy) is 1. The minimum absolute atomic E-state index is 0. The molecule has 4 aliphatic rings. The van der Waals surface area contributed by atoms with Crippen LogP contribution in [0.1, 0.15) is 39.5 Å².